The number of para-hydroxylation sites is 1. The summed E-state index contributed by atoms with van der Waals surface area (Å²) in [5, 5.41) is 12.9. The fourth-order valence-corrected chi connectivity index (χ4v) is 3.67. The number of aliphatic hydroxyl groups is 1. The average Bonchev–Trinajstić information content (AvgIpc) is 2.64. The Kier molecular flexibility index (Phi) is 6.48. The minimum atomic E-state index is -0.580. The predicted octanol–water partition coefficient (Wildman–Crippen LogP) is 4.82. The molecular formula is C20H21ClN2O2S. The Hall–Kier alpha value is -1.66. The van der Waals surface area contributed by atoms with E-state index >= 15 is 0 Å². The number of rotatable bonds is 7. The van der Waals surface area contributed by atoms with Crippen LogP contribution in [0.25, 0.3) is 10.9 Å². The summed E-state index contributed by atoms with van der Waals surface area (Å²) in [6, 6.07) is 15.5. The van der Waals surface area contributed by atoms with Crippen LogP contribution in [0.2, 0.25) is 5.02 Å². The molecule has 3 aromatic rings. The first-order valence-corrected chi connectivity index (χ1v) is 9.80. The van der Waals surface area contributed by atoms with Crippen molar-refractivity contribution in [3.05, 3.63) is 64.9 Å². The van der Waals surface area contributed by atoms with Crippen LogP contribution in [0.4, 0.5) is 0 Å². The molecule has 0 spiro atoms. The molecule has 0 amide bonds. The summed E-state index contributed by atoms with van der Waals surface area (Å²) in [5.74, 6) is 1.24. The Labute approximate surface area is 162 Å². The molecule has 1 aromatic heterocycles. The molecule has 0 fully saturated rings. The molecule has 0 radical (unpaired) electrons. The van der Waals surface area contributed by atoms with Crippen LogP contribution in [-0.2, 0) is 4.74 Å². The maximum atomic E-state index is 10.3. The van der Waals surface area contributed by atoms with Crippen molar-refractivity contribution in [2.24, 2.45) is 0 Å². The van der Waals surface area contributed by atoms with Crippen LogP contribution >= 0.6 is 23.4 Å². The fraction of sp³-hybridized carbons (Fsp3) is 0.300. The van der Waals surface area contributed by atoms with Gasteiger partial charge in [-0.3, -0.25) is 0 Å². The fourth-order valence-electron chi connectivity index (χ4n) is 2.58. The Morgan fingerprint density at radius 3 is 2.62 bits per heavy atom. The molecule has 0 saturated carbocycles. The van der Waals surface area contributed by atoms with Gasteiger partial charge in [-0.25, -0.2) is 9.97 Å². The zero-order valence-electron chi connectivity index (χ0n) is 14.7. The van der Waals surface area contributed by atoms with Gasteiger partial charge < -0.3 is 9.84 Å². The number of hydrogen-bond acceptors (Lipinski definition) is 5. The third kappa shape index (κ3) is 4.95. The minimum Gasteiger partial charge on any atom is -0.390 e. The molecule has 3 rings (SSSR count). The van der Waals surface area contributed by atoms with Crippen molar-refractivity contribution < 1.29 is 9.84 Å². The molecule has 0 saturated heterocycles. The van der Waals surface area contributed by atoms with E-state index in [0.717, 1.165) is 27.3 Å². The summed E-state index contributed by atoms with van der Waals surface area (Å²) in [6.45, 7) is 4.10. The van der Waals surface area contributed by atoms with E-state index in [4.69, 9.17) is 16.3 Å². The second kappa shape index (κ2) is 8.82. The lowest BCUT2D eigenvalue weighted by molar-refractivity contribution is 0.00622. The molecule has 2 aromatic carbocycles. The molecule has 26 heavy (non-hydrogen) atoms. The van der Waals surface area contributed by atoms with Gasteiger partial charge in [-0.15, -0.1) is 11.8 Å². The molecule has 0 aliphatic carbocycles. The van der Waals surface area contributed by atoms with Crippen molar-refractivity contribution in [1.29, 1.82) is 0 Å². The highest BCUT2D eigenvalue weighted by Crippen LogP contribution is 2.26. The molecule has 6 heteroatoms. The molecule has 2 atom stereocenters. The van der Waals surface area contributed by atoms with Crippen LogP contribution in [0.5, 0.6) is 0 Å². The lowest BCUT2D eigenvalue weighted by atomic mass is 10.1. The van der Waals surface area contributed by atoms with Gasteiger partial charge in [-0.05, 0) is 37.6 Å². The average molecular weight is 389 g/mol. The van der Waals surface area contributed by atoms with Crippen LogP contribution in [-0.4, -0.2) is 33.5 Å². The van der Waals surface area contributed by atoms with Gasteiger partial charge in [-0.1, -0.05) is 41.9 Å². The number of halogens is 1. The lowest BCUT2D eigenvalue weighted by Gasteiger charge is -2.17. The number of aliphatic hydroxyl groups excluding tert-OH is 1. The van der Waals surface area contributed by atoms with E-state index in [0.29, 0.717) is 10.8 Å². The third-order valence-electron chi connectivity index (χ3n) is 3.97. The van der Waals surface area contributed by atoms with Gasteiger partial charge >= 0.3 is 0 Å². The van der Waals surface area contributed by atoms with Crippen molar-refractivity contribution >= 4 is 34.3 Å². The van der Waals surface area contributed by atoms with Crippen molar-refractivity contribution in [2.75, 3.05) is 12.4 Å². The molecular weight excluding hydrogens is 368 g/mol. The molecule has 0 aliphatic rings. The number of aryl methyl sites for hydroxylation is 1. The summed E-state index contributed by atoms with van der Waals surface area (Å²) < 4.78 is 5.79. The number of benzene rings is 2. The monoisotopic (exact) mass is 388 g/mol. The van der Waals surface area contributed by atoms with Crippen LogP contribution < -0.4 is 0 Å². The number of ether oxygens (including phenoxy) is 1. The highest BCUT2D eigenvalue weighted by molar-refractivity contribution is 7.99. The van der Waals surface area contributed by atoms with Gasteiger partial charge in [0.05, 0.1) is 24.3 Å². The lowest BCUT2D eigenvalue weighted by Crippen LogP contribution is -2.19. The van der Waals surface area contributed by atoms with Gasteiger partial charge in [0, 0.05) is 16.2 Å². The maximum absolute atomic E-state index is 10.3. The topological polar surface area (TPSA) is 55.2 Å². The van der Waals surface area contributed by atoms with Crippen LogP contribution in [0, 0.1) is 6.92 Å². The maximum Gasteiger partial charge on any atom is 0.127 e. The molecule has 1 N–H and O–H groups in total. The molecule has 4 nitrogen and oxygen atoms in total. The van der Waals surface area contributed by atoms with Gasteiger partial charge in [0.2, 0.25) is 0 Å². The highest BCUT2D eigenvalue weighted by atomic mass is 35.5. The van der Waals surface area contributed by atoms with E-state index in [2.05, 4.69) is 9.97 Å². The van der Waals surface area contributed by atoms with Gasteiger partial charge in [0.1, 0.15) is 10.9 Å². The molecule has 0 aliphatic heterocycles. The van der Waals surface area contributed by atoms with Gasteiger partial charge in [0.25, 0.3) is 0 Å². The summed E-state index contributed by atoms with van der Waals surface area (Å²) in [5.41, 5.74) is 1.95. The summed E-state index contributed by atoms with van der Waals surface area (Å²) in [7, 11) is 0. The number of nitrogens with zero attached hydrogens (tertiary/aromatic N) is 2. The first-order valence-electron chi connectivity index (χ1n) is 8.44. The Morgan fingerprint density at radius 1 is 1.12 bits per heavy atom. The summed E-state index contributed by atoms with van der Waals surface area (Å²) in [4.78, 5) is 8.95. The smallest absolute Gasteiger partial charge is 0.127 e. The standard InChI is InChI=1S/C20H21ClN2O2S/c1-13(15-7-9-16(21)10-8-15)25-11-17(24)12-26-20-18-5-3-4-6-19(18)22-14(2)23-20/h3-10,13,17,24H,11-12H2,1-2H3/t13-,17+/m0/s1. The zero-order valence-corrected chi connectivity index (χ0v) is 16.3. The highest BCUT2D eigenvalue weighted by Gasteiger charge is 2.13. The SMILES string of the molecule is Cc1nc(SC[C@H](O)CO[C@@H](C)c2ccc(Cl)cc2)c2ccccc2n1. The van der Waals surface area contributed by atoms with Crippen molar-refractivity contribution in [3.8, 4) is 0 Å². The summed E-state index contributed by atoms with van der Waals surface area (Å²) >= 11 is 7.42. The predicted molar refractivity (Wildman–Crippen MR) is 107 cm³/mol. The van der Waals surface area contributed by atoms with E-state index in [1.807, 2.05) is 62.4 Å². The van der Waals surface area contributed by atoms with Crippen LogP contribution in [0.15, 0.2) is 53.6 Å². The molecule has 136 valence electrons. The van der Waals surface area contributed by atoms with Crippen molar-refractivity contribution in [3.63, 3.8) is 0 Å². The number of hydrogen-bond donors (Lipinski definition) is 1. The Bertz CT molecular complexity index is 873. The van der Waals surface area contributed by atoms with Gasteiger partial charge in [0.15, 0.2) is 0 Å². The van der Waals surface area contributed by atoms with E-state index < -0.39 is 6.10 Å². The van der Waals surface area contributed by atoms with E-state index in [-0.39, 0.29) is 12.7 Å². The second-order valence-corrected chi connectivity index (χ2v) is 7.53. The second-order valence-electron chi connectivity index (χ2n) is 6.09. The number of fused-ring (bicyclic) bond motifs is 1. The zero-order chi connectivity index (χ0) is 18.5. The van der Waals surface area contributed by atoms with Gasteiger partial charge in [-0.2, -0.15) is 0 Å². The number of thioether (sulfide) groups is 1. The van der Waals surface area contributed by atoms with Crippen molar-refractivity contribution in [2.45, 2.75) is 31.1 Å². The summed E-state index contributed by atoms with van der Waals surface area (Å²) in [6.07, 6.45) is -0.683. The molecule has 1 heterocycles. The van der Waals surface area contributed by atoms with Crippen LogP contribution in [0.1, 0.15) is 24.4 Å². The molecule has 0 unspecified atom stereocenters. The normalized spacial score (nSPS) is 13.7. The van der Waals surface area contributed by atoms with E-state index in [1.54, 1.807) is 0 Å². The van der Waals surface area contributed by atoms with Crippen LogP contribution in [0.3, 0.4) is 0 Å². The first-order chi connectivity index (χ1) is 12.5. The largest absolute Gasteiger partial charge is 0.390 e. The quantitative estimate of drug-likeness (QED) is 0.464. The Morgan fingerprint density at radius 2 is 1.85 bits per heavy atom. The third-order valence-corrected chi connectivity index (χ3v) is 5.36. The Balaban J connectivity index is 1.56. The van der Waals surface area contributed by atoms with E-state index in [9.17, 15) is 5.11 Å². The number of aromatic nitrogens is 2. The molecule has 0 bridgehead atoms. The van der Waals surface area contributed by atoms with Crippen molar-refractivity contribution in [1.82, 2.24) is 9.97 Å². The first kappa shape index (κ1) is 19.1. The minimum absolute atomic E-state index is 0.103. The van der Waals surface area contributed by atoms with E-state index in [1.165, 1.54) is 11.8 Å².